The predicted molar refractivity (Wildman–Crippen MR) is 51.4 cm³/mol. The molecule has 1 rings (SSSR count). The minimum atomic E-state index is -0.631. The van der Waals surface area contributed by atoms with E-state index in [2.05, 4.69) is 4.98 Å². The van der Waals surface area contributed by atoms with Gasteiger partial charge in [0.15, 0.2) is 0 Å². The van der Waals surface area contributed by atoms with Gasteiger partial charge in [0.05, 0.1) is 0 Å². The number of carbonyl (C=O) groups excluding carboxylic acids is 1. The summed E-state index contributed by atoms with van der Waals surface area (Å²) in [6.07, 6.45) is 1.29. The van der Waals surface area contributed by atoms with Gasteiger partial charge in [0.25, 0.3) is 5.91 Å². The van der Waals surface area contributed by atoms with Crippen molar-refractivity contribution < 1.29 is 9.18 Å². The van der Waals surface area contributed by atoms with Crippen LogP contribution in [0.5, 0.6) is 0 Å². The molecule has 0 saturated carbocycles. The van der Waals surface area contributed by atoms with Crippen LogP contribution < -0.4 is 0 Å². The number of aromatic nitrogens is 1. The zero-order chi connectivity index (χ0) is 10.7. The van der Waals surface area contributed by atoms with Crippen LogP contribution in [-0.2, 0) is 0 Å². The van der Waals surface area contributed by atoms with E-state index in [1.54, 1.807) is 11.9 Å². The lowest BCUT2D eigenvalue weighted by Crippen LogP contribution is -2.33. The van der Waals surface area contributed by atoms with Gasteiger partial charge in [-0.2, -0.15) is 4.39 Å². The molecular formula is C10H13FN2O. The Morgan fingerprint density at radius 3 is 2.71 bits per heavy atom. The number of rotatable bonds is 2. The van der Waals surface area contributed by atoms with Gasteiger partial charge in [-0.1, -0.05) is 0 Å². The molecule has 4 heteroatoms. The fourth-order valence-electron chi connectivity index (χ4n) is 0.974. The Hall–Kier alpha value is -1.45. The summed E-state index contributed by atoms with van der Waals surface area (Å²) in [7, 11) is 1.69. The molecule has 1 aromatic rings. The molecule has 3 nitrogen and oxygen atoms in total. The van der Waals surface area contributed by atoms with E-state index in [9.17, 15) is 9.18 Å². The standard InChI is InChI=1S/C10H13FN2O/c1-7(2)13(3)10(14)8-4-5-12-9(11)6-8/h4-7H,1-3H3. The summed E-state index contributed by atoms with van der Waals surface area (Å²) in [6, 6.07) is 2.74. The van der Waals surface area contributed by atoms with Crippen molar-refractivity contribution in [2.45, 2.75) is 19.9 Å². The second-order valence-corrected chi connectivity index (χ2v) is 3.38. The molecule has 0 radical (unpaired) electrons. The molecule has 0 unspecified atom stereocenters. The van der Waals surface area contributed by atoms with Crippen LogP contribution in [0, 0.1) is 5.95 Å². The molecule has 0 aromatic carbocycles. The Bertz CT molecular complexity index is 339. The van der Waals surface area contributed by atoms with Crippen molar-refractivity contribution in [3.8, 4) is 0 Å². The maximum absolute atomic E-state index is 12.7. The first-order valence-corrected chi connectivity index (χ1v) is 4.41. The van der Waals surface area contributed by atoms with Crippen LogP contribution in [0.4, 0.5) is 4.39 Å². The van der Waals surface area contributed by atoms with E-state index in [1.165, 1.54) is 12.3 Å². The molecule has 1 heterocycles. The second kappa shape index (κ2) is 4.17. The molecule has 0 bridgehead atoms. The van der Waals surface area contributed by atoms with Gasteiger partial charge in [0, 0.05) is 30.9 Å². The molecule has 0 fully saturated rings. The lowest BCUT2D eigenvalue weighted by molar-refractivity contribution is 0.0754. The van der Waals surface area contributed by atoms with Crippen molar-refractivity contribution in [3.05, 3.63) is 29.8 Å². The summed E-state index contributed by atoms with van der Waals surface area (Å²) in [5.74, 6) is -0.825. The summed E-state index contributed by atoms with van der Waals surface area (Å²) in [6.45, 7) is 3.80. The van der Waals surface area contributed by atoms with Crippen LogP contribution in [0.1, 0.15) is 24.2 Å². The molecule has 76 valence electrons. The summed E-state index contributed by atoms with van der Waals surface area (Å²) in [5.41, 5.74) is 0.328. The Balaban J connectivity index is 2.89. The Kier molecular flexibility index (Phi) is 3.17. The van der Waals surface area contributed by atoms with Gasteiger partial charge in [0.1, 0.15) is 0 Å². The molecule has 0 spiro atoms. The molecule has 1 aromatic heterocycles. The van der Waals surface area contributed by atoms with E-state index in [4.69, 9.17) is 0 Å². The van der Waals surface area contributed by atoms with Crippen LogP contribution in [0.25, 0.3) is 0 Å². The highest BCUT2D eigenvalue weighted by atomic mass is 19.1. The summed E-state index contributed by atoms with van der Waals surface area (Å²) < 4.78 is 12.7. The van der Waals surface area contributed by atoms with Gasteiger partial charge in [-0.05, 0) is 19.9 Å². The Morgan fingerprint density at radius 1 is 1.57 bits per heavy atom. The first-order valence-electron chi connectivity index (χ1n) is 4.41. The van der Waals surface area contributed by atoms with Crippen molar-refractivity contribution in [1.29, 1.82) is 0 Å². The zero-order valence-corrected chi connectivity index (χ0v) is 8.49. The van der Waals surface area contributed by atoms with Gasteiger partial charge in [-0.3, -0.25) is 4.79 Å². The number of pyridine rings is 1. The highest BCUT2D eigenvalue weighted by Crippen LogP contribution is 2.06. The highest BCUT2D eigenvalue weighted by molar-refractivity contribution is 5.94. The first kappa shape index (κ1) is 10.6. The average Bonchev–Trinajstić information content (AvgIpc) is 2.15. The van der Waals surface area contributed by atoms with Crippen LogP contribution >= 0.6 is 0 Å². The number of amides is 1. The zero-order valence-electron chi connectivity index (χ0n) is 8.49. The number of halogens is 1. The molecule has 0 aliphatic heterocycles. The Labute approximate surface area is 82.6 Å². The van der Waals surface area contributed by atoms with Crippen LogP contribution in [0.2, 0.25) is 0 Å². The van der Waals surface area contributed by atoms with E-state index >= 15 is 0 Å². The smallest absolute Gasteiger partial charge is 0.254 e. The van der Waals surface area contributed by atoms with Gasteiger partial charge < -0.3 is 4.90 Å². The molecule has 0 aliphatic carbocycles. The summed E-state index contributed by atoms with van der Waals surface area (Å²) in [5, 5.41) is 0. The van der Waals surface area contributed by atoms with E-state index in [-0.39, 0.29) is 11.9 Å². The fraction of sp³-hybridized carbons (Fsp3) is 0.400. The van der Waals surface area contributed by atoms with E-state index in [0.717, 1.165) is 6.07 Å². The van der Waals surface area contributed by atoms with Crippen LogP contribution in [0.15, 0.2) is 18.3 Å². The third-order valence-corrected chi connectivity index (χ3v) is 2.07. The van der Waals surface area contributed by atoms with Crippen molar-refractivity contribution in [3.63, 3.8) is 0 Å². The molecule has 0 saturated heterocycles. The first-order chi connectivity index (χ1) is 6.52. The number of nitrogens with zero attached hydrogens (tertiary/aromatic N) is 2. The van der Waals surface area contributed by atoms with Gasteiger partial charge in [-0.25, -0.2) is 4.98 Å². The highest BCUT2D eigenvalue weighted by Gasteiger charge is 2.14. The fourth-order valence-corrected chi connectivity index (χ4v) is 0.974. The van der Waals surface area contributed by atoms with Crippen LogP contribution in [0.3, 0.4) is 0 Å². The van der Waals surface area contributed by atoms with Gasteiger partial charge >= 0.3 is 0 Å². The molecule has 1 amide bonds. The number of hydrogen-bond acceptors (Lipinski definition) is 2. The normalized spacial score (nSPS) is 10.4. The lowest BCUT2D eigenvalue weighted by Gasteiger charge is -2.21. The van der Waals surface area contributed by atoms with E-state index < -0.39 is 5.95 Å². The second-order valence-electron chi connectivity index (χ2n) is 3.38. The molecule has 0 atom stereocenters. The minimum Gasteiger partial charge on any atom is -0.339 e. The third-order valence-electron chi connectivity index (χ3n) is 2.07. The summed E-state index contributed by atoms with van der Waals surface area (Å²) >= 11 is 0. The SMILES string of the molecule is CC(C)N(C)C(=O)c1ccnc(F)c1. The maximum atomic E-state index is 12.7. The van der Waals surface area contributed by atoms with Crippen molar-refractivity contribution in [1.82, 2.24) is 9.88 Å². The van der Waals surface area contributed by atoms with E-state index in [1.807, 2.05) is 13.8 Å². The number of hydrogen-bond donors (Lipinski definition) is 0. The largest absolute Gasteiger partial charge is 0.339 e. The van der Waals surface area contributed by atoms with Crippen molar-refractivity contribution in [2.24, 2.45) is 0 Å². The van der Waals surface area contributed by atoms with Crippen molar-refractivity contribution in [2.75, 3.05) is 7.05 Å². The predicted octanol–water partition coefficient (Wildman–Crippen LogP) is 1.70. The van der Waals surface area contributed by atoms with Gasteiger partial charge in [0.2, 0.25) is 5.95 Å². The lowest BCUT2D eigenvalue weighted by atomic mass is 10.2. The molecule has 0 aliphatic rings. The number of carbonyl (C=O) groups is 1. The molecule has 14 heavy (non-hydrogen) atoms. The van der Waals surface area contributed by atoms with Gasteiger partial charge in [-0.15, -0.1) is 0 Å². The molecular weight excluding hydrogens is 183 g/mol. The van der Waals surface area contributed by atoms with Crippen LogP contribution in [-0.4, -0.2) is 28.9 Å². The quantitative estimate of drug-likeness (QED) is 0.674. The topological polar surface area (TPSA) is 33.2 Å². The molecule has 0 N–H and O–H groups in total. The minimum absolute atomic E-state index is 0.0960. The third kappa shape index (κ3) is 2.28. The summed E-state index contributed by atoms with van der Waals surface area (Å²) in [4.78, 5) is 16.6. The average molecular weight is 196 g/mol. The maximum Gasteiger partial charge on any atom is 0.254 e. The monoisotopic (exact) mass is 196 g/mol. The van der Waals surface area contributed by atoms with E-state index in [0.29, 0.717) is 5.56 Å². The van der Waals surface area contributed by atoms with Crippen molar-refractivity contribution >= 4 is 5.91 Å². The Morgan fingerprint density at radius 2 is 2.21 bits per heavy atom.